The average molecular weight is 287 g/mol. The standard InChI is InChI=1S/C12H15ClN2O2S/c1-8-6-9(2)15-12(11(8)7-14)18(16,17)10(3)4-5-13/h6,10H,4-5H2,1-3H3. The number of sulfone groups is 1. The van der Waals surface area contributed by atoms with Gasteiger partial charge in [-0.2, -0.15) is 5.26 Å². The molecule has 0 aliphatic heterocycles. The molecule has 0 saturated heterocycles. The molecule has 0 saturated carbocycles. The second-order valence-electron chi connectivity index (χ2n) is 4.21. The third-order valence-corrected chi connectivity index (χ3v) is 5.09. The van der Waals surface area contributed by atoms with Gasteiger partial charge in [-0.05, 0) is 38.8 Å². The van der Waals surface area contributed by atoms with Gasteiger partial charge in [0.15, 0.2) is 14.9 Å². The Hall–Kier alpha value is -1.12. The molecule has 0 radical (unpaired) electrons. The van der Waals surface area contributed by atoms with Gasteiger partial charge < -0.3 is 0 Å². The van der Waals surface area contributed by atoms with Gasteiger partial charge in [0.25, 0.3) is 0 Å². The number of aromatic nitrogens is 1. The zero-order chi connectivity index (χ0) is 13.9. The molecule has 0 amide bonds. The van der Waals surface area contributed by atoms with E-state index in [0.29, 0.717) is 17.7 Å². The van der Waals surface area contributed by atoms with E-state index in [2.05, 4.69) is 4.98 Å². The molecule has 1 aromatic rings. The third kappa shape index (κ3) is 2.82. The van der Waals surface area contributed by atoms with Crippen molar-refractivity contribution in [3.8, 4) is 6.07 Å². The number of halogens is 1. The summed E-state index contributed by atoms with van der Waals surface area (Å²) in [6.07, 6.45) is 0.337. The zero-order valence-corrected chi connectivity index (χ0v) is 12.1. The smallest absolute Gasteiger partial charge is 0.199 e. The van der Waals surface area contributed by atoms with Crippen LogP contribution in [0, 0.1) is 25.2 Å². The van der Waals surface area contributed by atoms with Crippen LogP contribution in [-0.4, -0.2) is 24.5 Å². The molecule has 1 rings (SSSR count). The highest BCUT2D eigenvalue weighted by Gasteiger charge is 2.28. The zero-order valence-electron chi connectivity index (χ0n) is 10.6. The lowest BCUT2D eigenvalue weighted by molar-refractivity contribution is 0.576. The van der Waals surface area contributed by atoms with Crippen molar-refractivity contribution in [3.05, 3.63) is 22.9 Å². The lowest BCUT2D eigenvalue weighted by Gasteiger charge is -2.13. The minimum absolute atomic E-state index is 0.125. The van der Waals surface area contributed by atoms with Gasteiger partial charge in [0.05, 0.1) is 10.8 Å². The largest absolute Gasteiger partial charge is 0.240 e. The minimum atomic E-state index is -3.61. The van der Waals surface area contributed by atoms with E-state index in [1.165, 1.54) is 0 Å². The van der Waals surface area contributed by atoms with Crippen LogP contribution in [0.2, 0.25) is 0 Å². The Labute approximate surface area is 113 Å². The molecule has 4 nitrogen and oxygen atoms in total. The van der Waals surface area contributed by atoms with Crippen molar-refractivity contribution < 1.29 is 8.42 Å². The summed E-state index contributed by atoms with van der Waals surface area (Å²) >= 11 is 5.58. The topological polar surface area (TPSA) is 70.8 Å². The maximum Gasteiger partial charge on any atom is 0.199 e. The highest BCUT2D eigenvalue weighted by molar-refractivity contribution is 7.92. The van der Waals surface area contributed by atoms with E-state index in [4.69, 9.17) is 16.9 Å². The van der Waals surface area contributed by atoms with Crippen LogP contribution in [-0.2, 0) is 9.84 Å². The summed E-state index contributed by atoms with van der Waals surface area (Å²) in [4.78, 5) is 4.03. The van der Waals surface area contributed by atoms with Gasteiger partial charge in [0.2, 0.25) is 0 Å². The van der Waals surface area contributed by atoms with E-state index < -0.39 is 15.1 Å². The Balaban J connectivity index is 3.46. The van der Waals surface area contributed by atoms with Gasteiger partial charge in [0, 0.05) is 11.6 Å². The number of nitriles is 1. The van der Waals surface area contributed by atoms with Gasteiger partial charge in [-0.1, -0.05) is 0 Å². The maximum atomic E-state index is 12.3. The number of nitrogens with zero attached hydrogens (tertiary/aromatic N) is 2. The summed E-state index contributed by atoms with van der Waals surface area (Å²) < 4.78 is 24.7. The van der Waals surface area contributed by atoms with Crippen molar-refractivity contribution in [2.24, 2.45) is 0 Å². The molecule has 0 aliphatic rings. The third-order valence-electron chi connectivity index (χ3n) is 2.74. The molecular formula is C12H15ClN2O2S. The van der Waals surface area contributed by atoms with E-state index in [1.54, 1.807) is 26.8 Å². The normalized spacial score (nSPS) is 13.1. The number of hydrogen-bond donors (Lipinski definition) is 0. The van der Waals surface area contributed by atoms with Crippen LogP contribution in [0.25, 0.3) is 0 Å². The number of rotatable bonds is 4. The fourth-order valence-electron chi connectivity index (χ4n) is 1.64. The van der Waals surface area contributed by atoms with Gasteiger partial charge in [-0.15, -0.1) is 11.6 Å². The van der Waals surface area contributed by atoms with Crippen molar-refractivity contribution in [1.29, 1.82) is 5.26 Å². The van der Waals surface area contributed by atoms with Crippen molar-refractivity contribution in [2.45, 2.75) is 37.5 Å². The Bertz CT molecular complexity index is 591. The van der Waals surface area contributed by atoms with Crippen LogP contribution in [0.15, 0.2) is 11.1 Å². The molecule has 1 heterocycles. The van der Waals surface area contributed by atoms with E-state index in [1.807, 2.05) is 6.07 Å². The summed E-state index contributed by atoms with van der Waals surface area (Å²) in [7, 11) is -3.61. The van der Waals surface area contributed by atoms with Crippen LogP contribution in [0.5, 0.6) is 0 Å². The molecule has 0 aliphatic carbocycles. The number of alkyl halides is 1. The predicted octanol–water partition coefficient (Wildman–Crippen LogP) is 2.36. The van der Waals surface area contributed by atoms with Crippen LogP contribution in [0.4, 0.5) is 0 Å². The Morgan fingerprint density at radius 2 is 2.11 bits per heavy atom. The average Bonchev–Trinajstić information content (AvgIpc) is 2.28. The van der Waals surface area contributed by atoms with Gasteiger partial charge in [-0.3, -0.25) is 0 Å². The fourth-order valence-corrected chi connectivity index (χ4v) is 3.67. The highest BCUT2D eigenvalue weighted by atomic mass is 35.5. The Kier molecular flexibility index (Phi) is 4.71. The fraction of sp³-hybridized carbons (Fsp3) is 0.500. The first kappa shape index (κ1) is 14.9. The van der Waals surface area contributed by atoms with Crippen LogP contribution < -0.4 is 0 Å². The SMILES string of the molecule is Cc1cc(C)c(C#N)c(S(=O)(=O)C(C)CCCl)n1. The second kappa shape index (κ2) is 5.68. The molecule has 1 unspecified atom stereocenters. The molecule has 98 valence electrons. The summed E-state index contributed by atoms with van der Waals surface area (Å²) in [6.45, 7) is 5.00. The van der Waals surface area contributed by atoms with Crippen molar-refractivity contribution >= 4 is 21.4 Å². The maximum absolute atomic E-state index is 12.3. The minimum Gasteiger partial charge on any atom is -0.240 e. The van der Waals surface area contributed by atoms with Crippen molar-refractivity contribution in [2.75, 3.05) is 5.88 Å². The molecule has 0 bridgehead atoms. The molecule has 0 aromatic carbocycles. The second-order valence-corrected chi connectivity index (χ2v) is 6.87. The number of pyridine rings is 1. The van der Waals surface area contributed by atoms with Crippen molar-refractivity contribution in [1.82, 2.24) is 4.98 Å². The molecule has 18 heavy (non-hydrogen) atoms. The monoisotopic (exact) mass is 286 g/mol. The summed E-state index contributed by atoms with van der Waals surface area (Å²) in [5, 5.41) is 8.32. The summed E-state index contributed by atoms with van der Waals surface area (Å²) in [6, 6.07) is 3.62. The van der Waals surface area contributed by atoms with Crippen LogP contribution in [0.1, 0.15) is 30.2 Å². The molecule has 1 aromatic heterocycles. The predicted molar refractivity (Wildman–Crippen MR) is 70.4 cm³/mol. The highest BCUT2D eigenvalue weighted by Crippen LogP contribution is 2.23. The molecule has 6 heteroatoms. The quantitative estimate of drug-likeness (QED) is 0.797. The van der Waals surface area contributed by atoms with Crippen LogP contribution in [0.3, 0.4) is 0 Å². The van der Waals surface area contributed by atoms with Gasteiger partial charge in [0.1, 0.15) is 6.07 Å². The summed E-state index contributed by atoms with van der Waals surface area (Å²) in [5.74, 6) is 0.257. The lowest BCUT2D eigenvalue weighted by atomic mass is 10.1. The molecule has 1 atom stereocenters. The van der Waals surface area contributed by atoms with E-state index in [0.717, 1.165) is 0 Å². The first-order valence-electron chi connectivity index (χ1n) is 5.52. The molecule has 0 fully saturated rings. The molecule has 0 spiro atoms. The first-order chi connectivity index (χ1) is 8.34. The molecule has 0 N–H and O–H groups in total. The number of aryl methyl sites for hydroxylation is 2. The Morgan fingerprint density at radius 3 is 2.61 bits per heavy atom. The van der Waals surface area contributed by atoms with E-state index in [-0.39, 0.29) is 16.5 Å². The van der Waals surface area contributed by atoms with Gasteiger partial charge >= 0.3 is 0 Å². The van der Waals surface area contributed by atoms with Gasteiger partial charge in [-0.25, -0.2) is 13.4 Å². The Morgan fingerprint density at radius 1 is 1.50 bits per heavy atom. The summed E-state index contributed by atoms with van der Waals surface area (Å²) in [5.41, 5.74) is 1.34. The van der Waals surface area contributed by atoms with Crippen LogP contribution >= 0.6 is 11.6 Å². The lowest BCUT2D eigenvalue weighted by Crippen LogP contribution is -2.21. The number of hydrogen-bond acceptors (Lipinski definition) is 4. The first-order valence-corrected chi connectivity index (χ1v) is 7.61. The van der Waals surface area contributed by atoms with E-state index >= 15 is 0 Å². The molecular weight excluding hydrogens is 272 g/mol. The van der Waals surface area contributed by atoms with E-state index in [9.17, 15) is 8.42 Å². The van der Waals surface area contributed by atoms with Crippen molar-refractivity contribution in [3.63, 3.8) is 0 Å².